The van der Waals surface area contributed by atoms with E-state index in [1.165, 1.54) is 5.56 Å². The Hall–Kier alpha value is -0.0500. The van der Waals surface area contributed by atoms with Crippen molar-refractivity contribution in [2.45, 2.75) is 18.4 Å². The fraction of sp³-hybridized carbons (Fsp3) is 0.400. The summed E-state index contributed by atoms with van der Waals surface area (Å²) in [5, 5.41) is 0.752. The van der Waals surface area contributed by atoms with Crippen molar-refractivity contribution in [1.82, 2.24) is 0 Å². The smallest absolute Gasteiger partial charge is 0.0940 e. The molecule has 0 atom stereocenters. The number of rotatable bonds is 2. The molecule has 0 N–H and O–H groups in total. The minimum Gasteiger partial charge on any atom is -0.373 e. The van der Waals surface area contributed by atoms with Gasteiger partial charge in [-0.05, 0) is 30.5 Å². The van der Waals surface area contributed by atoms with Gasteiger partial charge in [-0.25, -0.2) is 0 Å². The molecular weight excluding hydrogens is 251 g/mol. The third kappa shape index (κ3) is 1.63. The number of ether oxygens (including phenoxy) is 1. The predicted octanol–water partition coefficient (Wildman–Crippen LogP) is 3.74. The van der Waals surface area contributed by atoms with Crippen LogP contribution in [0, 0.1) is 0 Å². The highest BCUT2D eigenvalue weighted by molar-refractivity contribution is 9.10. The highest BCUT2D eigenvalue weighted by Gasteiger charge is 2.45. The summed E-state index contributed by atoms with van der Waals surface area (Å²) in [4.78, 5) is 0. The number of hydrogen-bond acceptors (Lipinski definition) is 1. The number of methoxy groups -OCH3 is 1. The van der Waals surface area contributed by atoms with Crippen molar-refractivity contribution in [2.24, 2.45) is 0 Å². The second-order valence-electron chi connectivity index (χ2n) is 3.32. The third-order valence-corrected chi connectivity index (χ3v) is 3.41. The van der Waals surface area contributed by atoms with E-state index in [0.717, 1.165) is 22.3 Å². The topological polar surface area (TPSA) is 9.23 Å². The van der Waals surface area contributed by atoms with Crippen LogP contribution in [0.3, 0.4) is 0 Å². The number of benzene rings is 1. The normalized spacial score (nSPS) is 18.7. The second-order valence-corrected chi connectivity index (χ2v) is 4.61. The lowest BCUT2D eigenvalue weighted by atomic mass is 10.1. The van der Waals surface area contributed by atoms with Crippen LogP contribution in [0.25, 0.3) is 0 Å². The summed E-state index contributed by atoms with van der Waals surface area (Å²) in [6.45, 7) is 0. The fourth-order valence-corrected chi connectivity index (χ4v) is 2.60. The molecule has 0 saturated heterocycles. The fourth-order valence-electron chi connectivity index (χ4n) is 1.56. The molecule has 1 aromatic carbocycles. The Labute approximate surface area is 91.2 Å². The van der Waals surface area contributed by atoms with Gasteiger partial charge in [0.15, 0.2) is 0 Å². The van der Waals surface area contributed by atoms with Gasteiger partial charge in [0.2, 0.25) is 0 Å². The average Bonchev–Trinajstić information content (AvgIpc) is 2.85. The van der Waals surface area contributed by atoms with Crippen molar-refractivity contribution in [1.29, 1.82) is 0 Å². The molecule has 0 bridgehead atoms. The highest BCUT2D eigenvalue weighted by atomic mass is 79.9. The van der Waals surface area contributed by atoms with E-state index in [1.54, 1.807) is 7.11 Å². The number of hydrogen-bond donors (Lipinski definition) is 0. The zero-order valence-corrected chi connectivity index (χ0v) is 9.65. The lowest BCUT2D eigenvalue weighted by Gasteiger charge is -2.15. The molecule has 1 aliphatic carbocycles. The van der Waals surface area contributed by atoms with Gasteiger partial charge in [0, 0.05) is 16.6 Å². The molecule has 1 saturated carbocycles. The first-order chi connectivity index (χ1) is 6.18. The lowest BCUT2D eigenvalue weighted by molar-refractivity contribution is 0.0783. The van der Waals surface area contributed by atoms with Gasteiger partial charge in [-0.3, -0.25) is 0 Å². The Kier molecular flexibility index (Phi) is 2.39. The molecule has 0 radical (unpaired) electrons. The minimum atomic E-state index is -0.0383. The molecule has 0 spiro atoms. The minimum absolute atomic E-state index is 0.0383. The molecule has 3 heteroatoms. The van der Waals surface area contributed by atoms with Crippen molar-refractivity contribution < 1.29 is 4.74 Å². The summed E-state index contributed by atoms with van der Waals surface area (Å²) in [6, 6.07) is 5.85. The number of halogens is 2. The molecule has 1 fully saturated rings. The van der Waals surface area contributed by atoms with Crippen LogP contribution in [-0.2, 0) is 10.3 Å². The molecule has 0 unspecified atom stereocenters. The van der Waals surface area contributed by atoms with Crippen LogP contribution in [-0.4, -0.2) is 7.11 Å². The Morgan fingerprint density at radius 3 is 2.62 bits per heavy atom. The zero-order chi connectivity index (χ0) is 9.47. The Morgan fingerprint density at radius 2 is 2.15 bits per heavy atom. The third-order valence-electron chi connectivity index (χ3n) is 2.52. The zero-order valence-electron chi connectivity index (χ0n) is 7.31. The van der Waals surface area contributed by atoms with Gasteiger partial charge in [-0.2, -0.15) is 0 Å². The predicted molar refractivity (Wildman–Crippen MR) is 57.1 cm³/mol. The maximum Gasteiger partial charge on any atom is 0.0940 e. The monoisotopic (exact) mass is 260 g/mol. The first-order valence-corrected chi connectivity index (χ1v) is 5.36. The standard InChI is InChI=1S/C10H10BrClO/c1-13-10(4-5-10)8-3-2-7(12)6-9(8)11/h2-3,6H,4-5H2,1H3. The Balaban J connectivity index is 2.41. The highest BCUT2D eigenvalue weighted by Crippen LogP contribution is 2.51. The molecule has 0 aromatic heterocycles. The van der Waals surface area contributed by atoms with Crippen LogP contribution in [0.1, 0.15) is 18.4 Å². The quantitative estimate of drug-likeness (QED) is 0.788. The van der Waals surface area contributed by atoms with E-state index >= 15 is 0 Å². The maximum absolute atomic E-state index is 5.86. The molecule has 0 aliphatic heterocycles. The van der Waals surface area contributed by atoms with Gasteiger partial charge in [-0.15, -0.1) is 0 Å². The summed E-state index contributed by atoms with van der Waals surface area (Å²) < 4.78 is 6.52. The van der Waals surface area contributed by atoms with E-state index < -0.39 is 0 Å². The van der Waals surface area contributed by atoms with E-state index in [4.69, 9.17) is 16.3 Å². The summed E-state index contributed by atoms with van der Waals surface area (Å²) in [7, 11) is 1.76. The van der Waals surface area contributed by atoms with Gasteiger partial charge in [0.05, 0.1) is 5.60 Å². The summed E-state index contributed by atoms with van der Waals surface area (Å²) in [6.07, 6.45) is 2.20. The Bertz CT molecular complexity index is 334. The van der Waals surface area contributed by atoms with Crippen molar-refractivity contribution in [3.05, 3.63) is 33.3 Å². The first kappa shape index (κ1) is 9.50. The molecule has 1 aromatic rings. The van der Waals surface area contributed by atoms with Crippen LogP contribution in [0.4, 0.5) is 0 Å². The summed E-state index contributed by atoms with van der Waals surface area (Å²) in [5.41, 5.74) is 1.17. The average molecular weight is 262 g/mol. The largest absolute Gasteiger partial charge is 0.373 e. The van der Waals surface area contributed by atoms with Gasteiger partial charge in [0.25, 0.3) is 0 Å². The van der Waals surface area contributed by atoms with Gasteiger partial charge < -0.3 is 4.74 Å². The van der Waals surface area contributed by atoms with Crippen LogP contribution in [0.2, 0.25) is 5.02 Å². The van der Waals surface area contributed by atoms with Crippen LogP contribution in [0.5, 0.6) is 0 Å². The second kappa shape index (κ2) is 3.26. The van der Waals surface area contributed by atoms with E-state index in [1.807, 2.05) is 18.2 Å². The summed E-state index contributed by atoms with van der Waals surface area (Å²) >= 11 is 9.36. The Morgan fingerprint density at radius 1 is 1.46 bits per heavy atom. The van der Waals surface area contributed by atoms with Crippen LogP contribution < -0.4 is 0 Å². The molecule has 1 aliphatic rings. The van der Waals surface area contributed by atoms with E-state index in [2.05, 4.69) is 15.9 Å². The van der Waals surface area contributed by atoms with Crippen LogP contribution >= 0.6 is 27.5 Å². The van der Waals surface area contributed by atoms with Gasteiger partial charge >= 0.3 is 0 Å². The van der Waals surface area contributed by atoms with Crippen LogP contribution in [0.15, 0.2) is 22.7 Å². The van der Waals surface area contributed by atoms with Gasteiger partial charge in [0.1, 0.15) is 0 Å². The van der Waals surface area contributed by atoms with Crippen molar-refractivity contribution in [3.63, 3.8) is 0 Å². The molecule has 1 nitrogen and oxygen atoms in total. The van der Waals surface area contributed by atoms with Crippen molar-refractivity contribution in [2.75, 3.05) is 7.11 Å². The van der Waals surface area contributed by atoms with E-state index in [-0.39, 0.29) is 5.60 Å². The van der Waals surface area contributed by atoms with E-state index in [9.17, 15) is 0 Å². The SMILES string of the molecule is COC1(c2ccc(Cl)cc2Br)CC1. The molecule has 0 amide bonds. The van der Waals surface area contributed by atoms with E-state index in [0.29, 0.717) is 0 Å². The molecule has 70 valence electrons. The molecule has 2 rings (SSSR count). The first-order valence-electron chi connectivity index (χ1n) is 4.19. The molecule has 13 heavy (non-hydrogen) atoms. The van der Waals surface area contributed by atoms with Crippen molar-refractivity contribution in [3.8, 4) is 0 Å². The lowest BCUT2D eigenvalue weighted by Crippen LogP contribution is -2.09. The molecule has 0 heterocycles. The maximum atomic E-state index is 5.86. The molecular formula is C10H10BrClO. The van der Waals surface area contributed by atoms with Gasteiger partial charge in [-0.1, -0.05) is 33.6 Å². The van der Waals surface area contributed by atoms with Crippen molar-refractivity contribution >= 4 is 27.5 Å². The summed E-state index contributed by atoms with van der Waals surface area (Å²) in [5.74, 6) is 0.